The summed E-state index contributed by atoms with van der Waals surface area (Å²) in [5.41, 5.74) is -0.786. The molecule has 0 amide bonds. The number of carboxylic acid groups (broad SMARTS) is 1. The Balaban J connectivity index is 2.03. The number of ether oxygens (including phenoxy) is 1. The van der Waals surface area contributed by atoms with Crippen molar-refractivity contribution in [1.29, 1.82) is 0 Å². The molecule has 6 heteroatoms. The Kier molecular flexibility index (Phi) is 2.22. The van der Waals surface area contributed by atoms with Crippen LogP contribution in [0.3, 0.4) is 0 Å². The van der Waals surface area contributed by atoms with Crippen molar-refractivity contribution < 1.29 is 14.6 Å². The molecule has 0 aromatic carbocycles. The third kappa shape index (κ3) is 1.47. The second kappa shape index (κ2) is 3.53. The van der Waals surface area contributed by atoms with Gasteiger partial charge in [0.1, 0.15) is 17.2 Å². The van der Waals surface area contributed by atoms with Crippen molar-refractivity contribution in [3.8, 4) is 0 Å². The molecule has 0 radical (unpaired) electrons. The lowest BCUT2D eigenvalue weighted by atomic mass is 10.1. The lowest BCUT2D eigenvalue weighted by Crippen LogP contribution is -2.31. The molecule has 2 heterocycles. The van der Waals surface area contributed by atoms with E-state index in [-0.39, 0.29) is 5.92 Å². The highest BCUT2D eigenvalue weighted by molar-refractivity contribution is 5.80. The summed E-state index contributed by atoms with van der Waals surface area (Å²) in [5, 5.41) is 17.6. The van der Waals surface area contributed by atoms with Crippen LogP contribution in [0.4, 0.5) is 0 Å². The topological polar surface area (TPSA) is 77.2 Å². The van der Waals surface area contributed by atoms with E-state index in [1.54, 1.807) is 0 Å². The Morgan fingerprint density at radius 1 is 1.53 bits per heavy atom. The number of aryl methyl sites for hydroxylation is 1. The summed E-state index contributed by atoms with van der Waals surface area (Å²) in [6, 6.07) is 0. The highest BCUT2D eigenvalue weighted by Crippen LogP contribution is 2.46. The molecule has 6 nitrogen and oxygen atoms in total. The largest absolute Gasteiger partial charge is 0.479 e. The number of hydrogen-bond donors (Lipinski definition) is 1. The highest BCUT2D eigenvalue weighted by Gasteiger charge is 2.54. The molecule has 1 saturated heterocycles. The molecule has 1 aliphatic heterocycles. The fourth-order valence-electron chi connectivity index (χ4n) is 2.56. The second-order valence-electron chi connectivity index (χ2n) is 4.84. The third-order valence-corrected chi connectivity index (χ3v) is 3.69. The number of carbonyl (C=O) groups is 1. The van der Waals surface area contributed by atoms with Gasteiger partial charge in [0, 0.05) is 12.5 Å². The molecule has 92 valence electrons. The number of nitrogens with zero attached hydrogens (tertiary/aromatic N) is 3. The minimum atomic E-state index is -0.786. The first-order chi connectivity index (χ1) is 8.15. The molecule has 1 aromatic rings. The Morgan fingerprint density at radius 2 is 2.29 bits per heavy atom. The summed E-state index contributed by atoms with van der Waals surface area (Å²) in [5.74, 6) is 0.875. The highest BCUT2D eigenvalue weighted by atomic mass is 16.5. The van der Waals surface area contributed by atoms with E-state index in [1.807, 2.05) is 11.5 Å². The zero-order valence-electron chi connectivity index (χ0n) is 9.72. The zero-order chi connectivity index (χ0) is 12.0. The molecule has 2 aliphatic rings. The lowest BCUT2D eigenvalue weighted by Gasteiger charge is -2.18. The summed E-state index contributed by atoms with van der Waals surface area (Å²) in [4.78, 5) is 11.4. The number of hydrogen-bond acceptors (Lipinski definition) is 4. The molecular weight excluding hydrogens is 222 g/mol. The molecule has 1 unspecified atom stereocenters. The van der Waals surface area contributed by atoms with E-state index < -0.39 is 11.5 Å². The molecule has 0 bridgehead atoms. The summed E-state index contributed by atoms with van der Waals surface area (Å²) >= 11 is 0. The minimum Gasteiger partial charge on any atom is -0.479 e. The van der Waals surface area contributed by atoms with Crippen LogP contribution in [0, 0.1) is 6.92 Å². The van der Waals surface area contributed by atoms with Gasteiger partial charge in [-0.2, -0.15) is 0 Å². The van der Waals surface area contributed by atoms with Crippen molar-refractivity contribution >= 4 is 5.97 Å². The van der Waals surface area contributed by atoms with Gasteiger partial charge in [0.05, 0.1) is 6.61 Å². The van der Waals surface area contributed by atoms with Gasteiger partial charge in [0.25, 0.3) is 0 Å². The van der Waals surface area contributed by atoms with Crippen LogP contribution in [0.15, 0.2) is 0 Å². The van der Waals surface area contributed by atoms with Gasteiger partial charge in [-0.15, -0.1) is 10.2 Å². The lowest BCUT2D eigenvalue weighted by molar-refractivity contribution is -0.142. The SMILES string of the molecule is Cc1nnc(C2CCOC2)n1C1(C(=O)O)CC1. The molecule has 17 heavy (non-hydrogen) atoms. The van der Waals surface area contributed by atoms with Crippen LogP contribution in [0.25, 0.3) is 0 Å². The van der Waals surface area contributed by atoms with Crippen LogP contribution < -0.4 is 0 Å². The summed E-state index contributed by atoms with van der Waals surface area (Å²) in [6.45, 7) is 3.15. The average molecular weight is 237 g/mol. The maximum Gasteiger partial charge on any atom is 0.329 e. The quantitative estimate of drug-likeness (QED) is 0.835. The van der Waals surface area contributed by atoms with Crippen molar-refractivity contribution in [1.82, 2.24) is 14.8 Å². The molecule has 1 aromatic heterocycles. The molecule has 1 saturated carbocycles. The number of carboxylic acids is 1. The van der Waals surface area contributed by atoms with E-state index >= 15 is 0 Å². The fraction of sp³-hybridized carbons (Fsp3) is 0.727. The van der Waals surface area contributed by atoms with E-state index in [2.05, 4.69) is 10.2 Å². The second-order valence-corrected chi connectivity index (χ2v) is 4.84. The van der Waals surface area contributed by atoms with E-state index in [0.717, 1.165) is 18.9 Å². The molecule has 1 N–H and O–H groups in total. The average Bonchev–Trinajstić information content (AvgIpc) is 2.74. The Bertz CT molecular complexity index is 459. The first-order valence-corrected chi connectivity index (χ1v) is 5.89. The van der Waals surface area contributed by atoms with Crippen LogP contribution in [-0.2, 0) is 15.1 Å². The molecule has 0 spiro atoms. The number of aliphatic carboxylic acids is 1. The summed E-state index contributed by atoms with van der Waals surface area (Å²) < 4.78 is 7.15. The first-order valence-electron chi connectivity index (χ1n) is 5.89. The fourth-order valence-corrected chi connectivity index (χ4v) is 2.56. The monoisotopic (exact) mass is 237 g/mol. The Hall–Kier alpha value is -1.43. The molecular formula is C11H15N3O3. The predicted octanol–water partition coefficient (Wildman–Crippen LogP) is 0.664. The normalized spacial score (nSPS) is 26.1. The molecule has 3 rings (SSSR count). The van der Waals surface area contributed by atoms with Crippen LogP contribution in [0.5, 0.6) is 0 Å². The zero-order valence-corrected chi connectivity index (χ0v) is 9.72. The van der Waals surface area contributed by atoms with Gasteiger partial charge in [-0.25, -0.2) is 4.79 Å². The Morgan fingerprint density at radius 3 is 2.82 bits per heavy atom. The number of aromatic nitrogens is 3. The van der Waals surface area contributed by atoms with Gasteiger partial charge in [-0.05, 0) is 26.2 Å². The van der Waals surface area contributed by atoms with Crippen molar-refractivity contribution in [3.63, 3.8) is 0 Å². The van der Waals surface area contributed by atoms with E-state index in [1.165, 1.54) is 0 Å². The number of rotatable bonds is 3. The van der Waals surface area contributed by atoms with Crippen molar-refractivity contribution in [2.75, 3.05) is 13.2 Å². The van der Waals surface area contributed by atoms with E-state index in [9.17, 15) is 9.90 Å². The molecule has 2 fully saturated rings. The van der Waals surface area contributed by atoms with Crippen LogP contribution in [0.1, 0.15) is 36.8 Å². The van der Waals surface area contributed by atoms with Gasteiger partial charge in [0.15, 0.2) is 0 Å². The smallest absolute Gasteiger partial charge is 0.329 e. The van der Waals surface area contributed by atoms with Gasteiger partial charge < -0.3 is 9.84 Å². The van der Waals surface area contributed by atoms with Crippen molar-refractivity contribution in [3.05, 3.63) is 11.6 Å². The van der Waals surface area contributed by atoms with Crippen LogP contribution >= 0.6 is 0 Å². The van der Waals surface area contributed by atoms with Crippen LogP contribution in [0.2, 0.25) is 0 Å². The summed E-state index contributed by atoms with van der Waals surface area (Å²) in [7, 11) is 0. The van der Waals surface area contributed by atoms with Gasteiger partial charge in [0.2, 0.25) is 0 Å². The van der Waals surface area contributed by atoms with Gasteiger partial charge >= 0.3 is 5.97 Å². The predicted molar refractivity (Wildman–Crippen MR) is 57.8 cm³/mol. The third-order valence-electron chi connectivity index (χ3n) is 3.69. The van der Waals surface area contributed by atoms with Crippen molar-refractivity contribution in [2.45, 2.75) is 37.6 Å². The maximum absolute atomic E-state index is 11.4. The Labute approximate surface area is 98.6 Å². The van der Waals surface area contributed by atoms with Gasteiger partial charge in [-0.3, -0.25) is 4.57 Å². The standard InChI is InChI=1S/C11H15N3O3/c1-7-12-13-9(8-2-5-17-6-8)14(7)11(3-4-11)10(15)16/h8H,2-6H2,1H3,(H,15,16). The van der Waals surface area contributed by atoms with Crippen molar-refractivity contribution in [2.24, 2.45) is 0 Å². The van der Waals surface area contributed by atoms with Crippen LogP contribution in [-0.4, -0.2) is 39.1 Å². The van der Waals surface area contributed by atoms with E-state index in [0.29, 0.717) is 25.3 Å². The van der Waals surface area contributed by atoms with E-state index in [4.69, 9.17) is 4.74 Å². The molecule has 1 atom stereocenters. The van der Waals surface area contributed by atoms with Gasteiger partial charge in [-0.1, -0.05) is 0 Å². The first kappa shape index (κ1) is 10.7. The molecule has 1 aliphatic carbocycles. The maximum atomic E-state index is 11.4. The summed E-state index contributed by atoms with van der Waals surface area (Å²) in [6.07, 6.45) is 2.23. The minimum absolute atomic E-state index is 0.188.